The van der Waals surface area contributed by atoms with Crippen molar-refractivity contribution < 1.29 is 0 Å². The zero-order valence-corrected chi connectivity index (χ0v) is 13.5. The van der Waals surface area contributed by atoms with Crippen molar-refractivity contribution in [2.24, 2.45) is 0 Å². The van der Waals surface area contributed by atoms with E-state index >= 15 is 0 Å². The van der Waals surface area contributed by atoms with Crippen LogP contribution < -0.4 is 4.90 Å². The molecule has 1 aromatic carbocycles. The highest BCUT2D eigenvalue weighted by Gasteiger charge is 2.17. The Balaban J connectivity index is 1.63. The third-order valence-corrected chi connectivity index (χ3v) is 4.34. The molecule has 110 valence electrons. The Morgan fingerprint density at radius 3 is 2.71 bits per heavy atom. The summed E-state index contributed by atoms with van der Waals surface area (Å²) in [6.45, 7) is 5.27. The third kappa shape index (κ3) is 3.80. The Labute approximate surface area is 133 Å². The van der Waals surface area contributed by atoms with E-state index in [4.69, 9.17) is 0 Å². The molecule has 2 heterocycles. The number of nitrogens with zero attached hydrogens (tertiary/aromatic N) is 4. The van der Waals surface area contributed by atoms with Gasteiger partial charge in [0.1, 0.15) is 12.1 Å². The van der Waals surface area contributed by atoms with Gasteiger partial charge in [0.2, 0.25) is 0 Å². The van der Waals surface area contributed by atoms with Crippen LogP contribution in [0.2, 0.25) is 0 Å². The molecule has 21 heavy (non-hydrogen) atoms. The van der Waals surface area contributed by atoms with Gasteiger partial charge >= 0.3 is 0 Å². The SMILES string of the molecule is Brc1cncnc1N1CCCN(Cc2ccccc2)CC1. The lowest BCUT2D eigenvalue weighted by Crippen LogP contribution is -2.31. The van der Waals surface area contributed by atoms with Gasteiger partial charge in [-0.1, -0.05) is 30.3 Å². The van der Waals surface area contributed by atoms with Gasteiger partial charge in [0.25, 0.3) is 0 Å². The molecule has 1 fully saturated rings. The van der Waals surface area contributed by atoms with Crippen molar-refractivity contribution in [3.8, 4) is 0 Å². The Morgan fingerprint density at radius 2 is 1.90 bits per heavy atom. The maximum atomic E-state index is 4.40. The minimum absolute atomic E-state index is 0.974. The van der Waals surface area contributed by atoms with Crippen LogP contribution in [0.4, 0.5) is 5.82 Å². The summed E-state index contributed by atoms with van der Waals surface area (Å²) in [5.41, 5.74) is 1.38. The Morgan fingerprint density at radius 1 is 1.05 bits per heavy atom. The predicted molar refractivity (Wildman–Crippen MR) is 88.3 cm³/mol. The molecule has 4 nitrogen and oxygen atoms in total. The predicted octanol–water partition coefficient (Wildman–Crippen LogP) is 2.95. The van der Waals surface area contributed by atoms with Crippen LogP contribution in [-0.4, -0.2) is 41.0 Å². The van der Waals surface area contributed by atoms with E-state index in [1.165, 1.54) is 5.56 Å². The van der Waals surface area contributed by atoms with E-state index in [1.807, 2.05) is 6.20 Å². The summed E-state index contributed by atoms with van der Waals surface area (Å²) in [6, 6.07) is 10.7. The lowest BCUT2D eigenvalue weighted by Gasteiger charge is -2.23. The maximum Gasteiger partial charge on any atom is 0.146 e. The standard InChI is InChI=1S/C16H19BrN4/c17-15-11-18-13-19-16(15)21-8-4-7-20(9-10-21)12-14-5-2-1-3-6-14/h1-3,5-6,11,13H,4,7-10,12H2. The van der Waals surface area contributed by atoms with Gasteiger partial charge in [-0.05, 0) is 27.9 Å². The van der Waals surface area contributed by atoms with Crippen molar-refractivity contribution in [2.45, 2.75) is 13.0 Å². The highest BCUT2D eigenvalue weighted by Crippen LogP contribution is 2.23. The average Bonchev–Trinajstić information content (AvgIpc) is 2.74. The fourth-order valence-corrected chi connectivity index (χ4v) is 3.19. The van der Waals surface area contributed by atoms with Crippen molar-refractivity contribution in [3.05, 3.63) is 52.9 Å². The van der Waals surface area contributed by atoms with Crippen LogP contribution in [0.15, 0.2) is 47.3 Å². The third-order valence-electron chi connectivity index (χ3n) is 3.79. The van der Waals surface area contributed by atoms with Crippen LogP contribution in [0.5, 0.6) is 0 Å². The summed E-state index contributed by atoms with van der Waals surface area (Å²) in [5.74, 6) is 1.01. The molecule has 0 bridgehead atoms. The van der Waals surface area contributed by atoms with E-state index in [0.29, 0.717) is 0 Å². The molecule has 0 atom stereocenters. The van der Waals surface area contributed by atoms with Crippen LogP contribution in [-0.2, 0) is 6.54 Å². The molecule has 0 N–H and O–H groups in total. The van der Waals surface area contributed by atoms with Crippen molar-refractivity contribution in [1.82, 2.24) is 14.9 Å². The molecule has 2 aromatic rings. The van der Waals surface area contributed by atoms with E-state index in [-0.39, 0.29) is 0 Å². The Hall–Kier alpha value is -1.46. The molecule has 0 spiro atoms. The molecule has 5 heteroatoms. The zero-order valence-electron chi connectivity index (χ0n) is 12.0. The van der Waals surface area contributed by atoms with E-state index in [0.717, 1.165) is 49.4 Å². The van der Waals surface area contributed by atoms with Crippen molar-refractivity contribution >= 4 is 21.7 Å². The fourth-order valence-electron chi connectivity index (χ4n) is 2.72. The molecule has 3 rings (SSSR count). The number of hydrogen-bond acceptors (Lipinski definition) is 4. The molecule has 1 saturated heterocycles. The lowest BCUT2D eigenvalue weighted by atomic mass is 10.2. The van der Waals surface area contributed by atoms with Gasteiger partial charge in [0, 0.05) is 38.9 Å². The lowest BCUT2D eigenvalue weighted by molar-refractivity contribution is 0.285. The van der Waals surface area contributed by atoms with Crippen LogP contribution in [0, 0.1) is 0 Å². The maximum absolute atomic E-state index is 4.40. The normalized spacial score (nSPS) is 16.7. The molecule has 0 radical (unpaired) electrons. The van der Waals surface area contributed by atoms with E-state index in [9.17, 15) is 0 Å². The minimum Gasteiger partial charge on any atom is -0.354 e. The van der Waals surface area contributed by atoms with E-state index in [1.54, 1.807) is 6.33 Å². The van der Waals surface area contributed by atoms with Crippen molar-refractivity contribution in [2.75, 3.05) is 31.1 Å². The van der Waals surface area contributed by atoms with Gasteiger partial charge in [0.05, 0.1) is 4.47 Å². The second-order valence-corrected chi connectivity index (χ2v) is 6.15. The number of anilines is 1. The van der Waals surface area contributed by atoms with E-state index in [2.05, 4.69) is 66.0 Å². The molecule has 0 amide bonds. The summed E-state index contributed by atoms with van der Waals surface area (Å²) >= 11 is 3.55. The highest BCUT2D eigenvalue weighted by molar-refractivity contribution is 9.10. The first kappa shape index (κ1) is 14.5. The first-order valence-electron chi connectivity index (χ1n) is 7.29. The van der Waals surface area contributed by atoms with Crippen LogP contribution >= 0.6 is 15.9 Å². The number of rotatable bonds is 3. The van der Waals surface area contributed by atoms with Crippen LogP contribution in [0.25, 0.3) is 0 Å². The van der Waals surface area contributed by atoms with Gasteiger partial charge in [-0.15, -0.1) is 0 Å². The zero-order chi connectivity index (χ0) is 14.5. The Bertz CT molecular complexity index is 575. The molecule has 0 unspecified atom stereocenters. The van der Waals surface area contributed by atoms with Gasteiger partial charge < -0.3 is 4.90 Å². The second-order valence-electron chi connectivity index (χ2n) is 5.30. The van der Waals surface area contributed by atoms with Crippen molar-refractivity contribution in [1.29, 1.82) is 0 Å². The molecular weight excluding hydrogens is 328 g/mol. The number of benzene rings is 1. The van der Waals surface area contributed by atoms with Crippen molar-refractivity contribution in [3.63, 3.8) is 0 Å². The van der Waals surface area contributed by atoms with Gasteiger partial charge in [0.15, 0.2) is 0 Å². The Kier molecular flexibility index (Phi) is 4.83. The first-order chi connectivity index (χ1) is 10.3. The summed E-state index contributed by atoms with van der Waals surface area (Å²) in [6.07, 6.45) is 4.59. The van der Waals surface area contributed by atoms with Gasteiger partial charge in [-0.2, -0.15) is 0 Å². The topological polar surface area (TPSA) is 32.3 Å². The number of halogens is 1. The second kappa shape index (κ2) is 7.00. The molecular formula is C16H19BrN4. The monoisotopic (exact) mass is 346 g/mol. The van der Waals surface area contributed by atoms with Gasteiger partial charge in [-0.25, -0.2) is 9.97 Å². The summed E-state index contributed by atoms with van der Waals surface area (Å²) < 4.78 is 0.974. The summed E-state index contributed by atoms with van der Waals surface area (Å²) in [4.78, 5) is 13.3. The minimum atomic E-state index is 0.974. The molecule has 0 aliphatic carbocycles. The fraction of sp³-hybridized carbons (Fsp3) is 0.375. The molecule has 1 aliphatic heterocycles. The van der Waals surface area contributed by atoms with Crippen LogP contribution in [0.1, 0.15) is 12.0 Å². The number of aromatic nitrogens is 2. The molecule has 0 saturated carbocycles. The summed E-state index contributed by atoms with van der Waals surface area (Å²) in [7, 11) is 0. The van der Waals surface area contributed by atoms with E-state index < -0.39 is 0 Å². The molecule has 1 aromatic heterocycles. The van der Waals surface area contributed by atoms with Crippen LogP contribution in [0.3, 0.4) is 0 Å². The van der Waals surface area contributed by atoms with Gasteiger partial charge in [-0.3, -0.25) is 4.90 Å². The average molecular weight is 347 g/mol. The molecule has 1 aliphatic rings. The summed E-state index contributed by atoms with van der Waals surface area (Å²) in [5, 5.41) is 0. The first-order valence-corrected chi connectivity index (χ1v) is 8.09. The smallest absolute Gasteiger partial charge is 0.146 e. The largest absolute Gasteiger partial charge is 0.354 e. The number of hydrogen-bond donors (Lipinski definition) is 0. The highest BCUT2D eigenvalue weighted by atomic mass is 79.9. The quantitative estimate of drug-likeness (QED) is 0.855.